The van der Waals surface area contributed by atoms with Gasteiger partial charge < -0.3 is 15.0 Å². The number of hydrogen-bond acceptors (Lipinski definition) is 3. The summed E-state index contributed by atoms with van der Waals surface area (Å²) in [6, 6.07) is 7.96. The van der Waals surface area contributed by atoms with E-state index in [1.54, 1.807) is 0 Å². The van der Waals surface area contributed by atoms with Crippen molar-refractivity contribution in [1.82, 2.24) is 10.2 Å². The smallest absolute Gasteiger partial charge is 0.243 e. The minimum absolute atomic E-state index is 0.199. The van der Waals surface area contributed by atoms with Crippen LogP contribution in [0.4, 0.5) is 0 Å². The summed E-state index contributed by atoms with van der Waals surface area (Å²) in [4.78, 5) is 14.6. The number of amides is 1. The molecule has 0 spiro atoms. The second kappa shape index (κ2) is 4.85. The molecule has 1 atom stereocenters. The molecule has 2 aliphatic heterocycles. The fraction of sp³-hybridized carbons (Fsp3) is 0.533. The van der Waals surface area contributed by atoms with Crippen LogP contribution in [0.3, 0.4) is 0 Å². The van der Waals surface area contributed by atoms with E-state index in [2.05, 4.69) is 5.32 Å². The first-order valence-electron chi connectivity index (χ1n) is 6.94. The third kappa shape index (κ3) is 2.32. The number of ether oxygens (including phenoxy) is 1. The molecule has 1 saturated heterocycles. The molecule has 2 aliphatic rings. The lowest BCUT2D eigenvalue weighted by atomic mass is 9.98. The third-order valence-corrected chi connectivity index (χ3v) is 4.08. The van der Waals surface area contributed by atoms with E-state index in [0.29, 0.717) is 19.7 Å². The Balaban J connectivity index is 1.81. The van der Waals surface area contributed by atoms with E-state index in [-0.39, 0.29) is 11.4 Å². The molecule has 0 saturated carbocycles. The van der Waals surface area contributed by atoms with Gasteiger partial charge in [0.25, 0.3) is 0 Å². The van der Waals surface area contributed by atoms with Crippen molar-refractivity contribution in [3.05, 3.63) is 29.8 Å². The van der Waals surface area contributed by atoms with Crippen LogP contribution in [-0.2, 0) is 11.3 Å². The number of fused-ring (bicyclic) bond motifs is 1. The topological polar surface area (TPSA) is 41.6 Å². The van der Waals surface area contributed by atoms with Crippen molar-refractivity contribution in [2.75, 3.05) is 19.7 Å². The standard InChI is InChI=1S/C15H20N2O2/c1-15(7-4-8-16-15)14(18)17-9-10-19-13-6-3-2-5-12(13)11-17/h2-3,5-6,16H,4,7-11H2,1H3. The first-order chi connectivity index (χ1) is 9.19. The zero-order chi connectivity index (χ0) is 13.3. The molecule has 2 heterocycles. The number of nitrogens with zero attached hydrogens (tertiary/aromatic N) is 1. The van der Waals surface area contributed by atoms with Gasteiger partial charge >= 0.3 is 0 Å². The first-order valence-corrected chi connectivity index (χ1v) is 6.94. The third-order valence-electron chi connectivity index (χ3n) is 4.08. The molecule has 3 rings (SSSR count). The molecule has 1 N–H and O–H groups in total. The molecule has 0 bridgehead atoms. The van der Waals surface area contributed by atoms with Crippen molar-refractivity contribution in [3.8, 4) is 5.75 Å². The summed E-state index contributed by atoms with van der Waals surface area (Å²) in [5.41, 5.74) is 0.703. The van der Waals surface area contributed by atoms with Crippen LogP contribution < -0.4 is 10.1 Å². The lowest BCUT2D eigenvalue weighted by Crippen LogP contribution is -2.53. The summed E-state index contributed by atoms with van der Waals surface area (Å²) in [7, 11) is 0. The molecule has 1 aromatic rings. The fourth-order valence-electron chi connectivity index (χ4n) is 2.93. The average molecular weight is 260 g/mol. The predicted octanol–water partition coefficient (Wildman–Crippen LogP) is 1.55. The fourth-order valence-corrected chi connectivity index (χ4v) is 2.93. The molecule has 0 aliphatic carbocycles. The van der Waals surface area contributed by atoms with Crippen molar-refractivity contribution in [1.29, 1.82) is 0 Å². The van der Waals surface area contributed by atoms with Crippen LogP contribution in [0.2, 0.25) is 0 Å². The summed E-state index contributed by atoms with van der Waals surface area (Å²) in [6.07, 6.45) is 1.99. The Morgan fingerprint density at radius 2 is 2.26 bits per heavy atom. The molecule has 19 heavy (non-hydrogen) atoms. The van der Waals surface area contributed by atoms with Crippen LogP contribution in [0.15, 0.2) is 24.3 Å². The SMILES string of the molecule is CC1(C(=O)N2CCOc3ccccc3C2)CCCN1. The zero-order valence-electron chi connectivity index (χ0n) is 11.3. The van der Waals surface area contributed by atoms with Gasteiger partial charge in [0.2, 0.25) is 5.91 Å². The predicted molar refractivity (Wildman–Crippen MR) is 73.0 cm³/mol. The van der Waals surface area contributed by atoms with Crippen molar-refractivity contribution in [2.24, 2.45) is 0 Å². The van der Waals surface area contributed by atoms with E-state index in [9.17, 15) is 4.79 Å². The van der Waals surface area contributed by atoms with Crippen molar-refractivity contribution >= 4 is 5.91 Å². The number of carbonyl (C=O) groups is 1. The van der Waals surface area contributed by atoms with Gasteiger partial charge in [-0.1, -0.05) is 18.2 Å². The average Bonchev–Trinajstić information content (AvgIpc) is 2.76. The second-order valence-corrected chi connectivity index (χ2v) is 5.55. The molecule has 4 heteroatoms. The van der Waals surface area contributed by atoms with E-state index in [0.717, 1.165) is 30.7 Å². The summed E-state index contributed by atoms with van der Waals surface area (Å²) in [5, 5.41) is 3.34. The van der Waals surface area contributed by atoms with Crippen LogP contribution in [-0.4, -0.2) is 36.0 Å². The Morgan fingerprint density at radius 1 is 1.42 bits per heavy atom. The lowest BCUT2D eigenvalue weighted by molar-refractivity contribution is -0.138. The highest BCUT2D eigenvalue weighted by Crippen LogP contribution is 2.26. The maximum Gasteiger partial charge on any atom is 0.243 e. The molecule has 0 radical (unpaired) electrons. The zero-order valence-corrected chi connectivity index (χ0v) is 11.3. The maximum atomic E-state index is 12.7. The highest BCUT2D eigenvalue weighted by molar-refractivity contribution is 5.86. The molecule has 1 unspecified atom stereocenters. The summed E-state index contributed by atoms with van der Waals surface area (Å²) >= 11 is 0. The van der Waals surface area contributed by atoms with Gasteiger partial charge in [0, 0.05) is 12.1 Å². The number of nitrogens with one attached hydrogen (secondary N) is 1. The van der Waals surface area contributed by atoms with Gasteiger partial charge in [0.05, 0.1) is 12.1 Å². The highest BCUT2D eigenvalue weighted by atomic mass is 16.5. The lowest BCUT2D eigenvalue weighted by Gasteiger charge is -2.30. The summed E-state index contributed by atoms with van der Waals surface area (Å²) in [5.74, 6) is 1.10. The Labute approximate surface area is 113 Å². The van der Waals surface area contributed by atoms with Gasteiger partial charge in [-0.2, -0.15) is 0 Å². The number of hydrogen-bond donors (Lipinski definition) is 1. The van der Waals surface area contributed by atoms with Gasteiger partial charge in [-0.3, -0.25) is 4.79 Å². The summed E-state index contributed by atoms with van der Waals surface area (Å²) in [6.45, 7) is 4.82. The van der Waals surface area contributed by atoms with Gasteiger partial charge in [-0.05, 0) is 32.4 Å². The Bertz CT molecular complexity index is 481. The van der Waals surface area contributed by atoms with E-state index in [1.165, 1.54) is 0 Å². The summed E-state index contributed by atoms with van der Waals surface area (Å²) < 4.78 is 5.71. The van der Waals surface area contributed by atoms with Gasteiger partial charge in [0.15, 0.2) is 0 Å². The monoisotopic (exact) mass is 260 g/mol. The minimum atomic E-state index is -0.390. The normalized spacial score (nSPS) is 26.5. The number of rotatable bonds is 1. The maximum absolute atomic E-state index is 12.7. The van der Waals surface area contributed by atoms with E-state index in [4.69, 9.17) is 4.74 Å². The molecule has 102 valence electrons. The van der Waals surface area contributed by atoms with Crippen LogP contribution in [0.1, 0.15) is 25.3 Å². The highest BCUT2D eigenvalue weighted by Gasteiger charge is 2.39. The molecule has 4 nitrogen and oxygen atoms in total. The molecule has 1 amide bonds. The van der Waals surface area contributed by atoms with Crippen LogP contribution in [0.25, 0.3) is 0 Å². The van der Waals surface area contributed by atoms with Gasteiger partial charge in [0.1, 0.15) is 12.4 Å². The molecule has 0 aromatic heterocycles. The van der Waals surface area contributed by atoms with Crippen LogP contribution in [0.5, 0.6) is 5.75 Å². The molecule has 1 aromatic carbocycles. The van der Waals surface area contributed by atoms with Crippen molar-refractivity contribution in [2.45, 2.75) is 31.8 Å². The van der Waals surface area contributed by atoms with E-state index >= 15 is 0 Å². The van der Waals surface area contributed by atoms with Crippen LogP contribution in [0, 0.1) is 0 Å². The quantitative estimate of drug-likeness (QED) is 0.833. The van der Waals surface area contributed by atoms with Crippen LogP contribution >= 0.6 is 0 Å². The molecule has 1 fully saturated rings. The number of benzene rings is 1. The first kappa shape index (κ1) is 12.5. The largest absolute Gasteiger partial charge is 0.491 e. The molecular formula is C15H20N2O2. The van der Waals surface area contributed by atoms with E-state index in [1.807, 2.05) is 36.1 Å². The number of para-hydroxylation sites is 1. The second-order valence-electron chi connectivity index (χ2n) is 5.55. The van der Waals surface area contributed by atoms with Gasteiger partial charge in [-0.25, -0.2) is 0 Å². The number of carbonyl (C=O) groups excluding carboxylic acids is 1. The minimum Gasteiger partial charge on any atom is -0.491 e. The van der Waals surface area contributed by atoms with Crippen molar-refractivity contribution < 1.29 is 9.53 Å². The molecular weight excluding hydrogens is 240 g/mol. The van der Waals surface area contributed by atoms with E-state index < -0.39 is 0 Å². The van der Waals surface area contributed by atoms with Gasteiger partial charge in [-0.15, -0.1) is 0 Å². The Morgan fingerprint density at radius 3 is 3.05 bits per heavy atom. The Hall–Kier alpha value is -1.55. The van der Waals surface area contributed by atoms with Crippen molar-refractivity contribution in [3.63, 3.8) is 0 Å². The Kier molecular flexibility index (Phi) is 3.19.